The highest BCUT2D eigenvalue weighted by atomic mass is 79.9. The second kappa shape index (κ2) is 6.46. The number of nitrogens with one attached hydrogen (secondary N) is 2. The van der Waals surface area contributed by atoms with Crippen LogP contribution in [0.5, 0.6) is 0 Å². The van der Waals surface area contributed by atoms with Crippen molar-refractivity contribution in [1.82, 2.24) is 14.8 Å². The Morgan fingerprint density at radius 3 is 2.38 bits per heavy atom. The average molecular weight is 410 g/mol. The van der Waals surface area contributed by atoms with Crippen LogP contribution in [0.1, 0.15) is 16.8 Å². The minimum absolute atomic E-state index is 0.159. The highest BCUT2D eigenvalue weighted by Crippen LogP contribution is 2.16. The number of aromatic amines is 2. The van der Waals surface area contributed by atoms with Crippen molar-refractivity contribution in [3.05, 3.63) is 96.5 Å². The fraction of sp³-hybridized carbons (Fsp3) is 0.100. The van der Waals surface area contributed by atoms with Crippen molar-refractivity contribution in [2.24, 2.45) is 0 Å². The van der Waals surface area contributed by atoms with Gasteiger partial charge >= 0.3 is 0 Å². The van der Waals surface area contributed by atoms with E-state index in [0.717, 1.165) is 15.7 Å². The summed E-state index contributed by atoms with van der Waals surface area (Å²) in [7, 11) is 0. The Labute approximate surface area is 157 Å². The van der Waals surface area contributed by atoms with E-state index in [4.69, 9.17) is 0 Å². The monoisotopic (exact) mass is 409 g/mol. The van der Waals surface area contributed by atoms with Gasteiger partial charge in [0.15, 0.2) is 5.43 Å². The van der Waals surface area contributed by atoms with Crippen molar-refractivity contribution in [2.45, 2.75) is 13.3 Å². The fourth-order valence-electron chi connectivity index (χ4n) is 3.10. The van der Waals surface area contributed by atoms with Crippen molar-refractivity contribution in [1.29, 1.82) is 0 Å². The van der Waals surface area contributed by atoms with Crippen molar-refractivity contribution in [3.63, 3.8) is 0 Å². The van der Waals surface area contributed by atoms with E-state index in [1.165, 1.54) is 4.68 Å². The van der Waals surface area contributed by atoms with Crippen LogP contribution in [0.3, 0.4) is 0 Å². The number of para-hydroxylation sites is 1. The fourth-order valence-corrected chi connectivity index (χ4v) is 3.36. The van der Waals surface area contributed by atoms with Crippen LogP contribution in [-0.2, 0) is 6.42 Å². The number of aromatic nitrogens is 3. The minimum Gasteiger partial charge on any atom is -0.343 e. The second-order valence-corrected chi connectivity index (χ2v) is 7.11. The van der Waals surface area contributed by atoms with Gasteiger partial charge in [-0.3, -0.25) is 14.7 Å². The molecule has 2 N–H and O–H groups in total. The van der Waals surface area contributed by atoms with Crippen LogP contribution in [-0.4, -0.2) is 14.8 Å². The molecule has 0 bridgehead atoms. The zero-order valence-corrected chi connectivity index (χ0v) is 15.6. The van der Waals surface area contributed by atoms with Gasteiger partial charge in [0.2, 0.25) is 0 Å². The third-order valence-electron chi connectivity index (χ3n) is 4.47. The van der Waals surface area contributed by atoms with Gasteiger partial charge in [-0.1, -0.05) is 46.3 Å². The van der Waals surface area contributed by atoms with E-state index in [9.17, 15) is 9.59 Å². The van der Waals surface area contributed by atoms with E-state index in [1.54, 1.807) is 0 Å². The van der Waals surface area contributed by atoms with E-state index < -0.39 is 0 Å². The van der Waals surface area contributed by atoms with Gasteiger partial charge in [-0.05, 0) is 36.8 Å². The van der Waals surface area contributed by atoms with E-state index >= 15 is 0 Å². The van der Waals surface area contributed by atoms with Gasteiger partial charge < -0.3 is 4.98 Å². The lowest BCUT2D eigenvalue weighted by molar-refractivity contribution is 0.857. The van der Waals surface area contributed by atoms with Crippen molar-refractivity contribution >= 4 is 27.0 Å². The molecule has 130 valence electrons. The second-order valence-electron chi connectivity index (χ2n) is 6.20. The molecular weight excluding hydrogens is 394 g/mol. The molecule has 5 nitrogen and oxygen atoms in total. The van der Waals surface area contributed by atoms with Crippen molar-refractivity contribution in [3.8, 4) is 5.69 Å². The maximum Gasteiger partial charge on any atom is 0.284 e. The Morgan fingerprint density at radius 2 is 1.69 bits per heavy atom. The van der Waals surface area contributed by atoms with Gasteiger partial charge in [0.1, 0.15) is 11.0 Å². The Hall–Kier alpha value is -2.86. The maximum absolute atomic E-state index is 13.0. The van der Waals surface area contributed by atoms with Crippen LogP contribution in [0.4, 0.5) is 0 Å². The lowest BCUT2D eigenvalue weighted by Gasteiger charge is -2.06. The maximum atomic E-state index is 13.0. The molecule has 0 aliphatic heterocycles. The van der Waals surface area contributed by atoms with Crippen LogP contribution in [0.15, 0.2) is 68.7 Å². The number of hydrogen-bond donors (Lipinski definition) is 2. The standard InChI is InChI=1S/C20H16BrN3O2/c1-12-16(11-13-7-9-14(21)10-8-13)18(25)17-19(22-12)23-24(20(17)26)15-5-3-2-4-6-15/h2-10H,11H2,1H3,(H2,22,23,25). The minimum atomic E-state index is -0.343. The Kier molecular flexibility index (Phi) is 4.12. The number of halogens is 1. The molecule has 0 fully saturated rings. The summed E-state index contributed by atoms with van der Waals surface area (Å²) >= 11 is 3.41. The number of H-pyrrole nitrogens is 2. The molecule has 0 amide bonds. The first-order valence-electron chi connectivity index (χ1n) is 8.21. The number of rotatable bonds is 3. The number of hydrogen-bond acceptors (Lipinski definition) is 2. The lowest BCUT2D eigenvalue weighted by Crippen LogP contribution is -2.21. The molecule has 0 radical (unpaired) electrons. The molecule has 26 heavy (non-hydrogen) atoms. The number of aryl methyl sites for hydroxylation is 1. The van der Waals surface area contributed by atoms with E-state index in [1.807, 2.05) is 61.5 Å². The summed E-state index contributed by atoms with van der Waals surface area (Å²) in [5, 5.41) is 3.16. The predicted molar refractivity (Wildman–Crippen MR) is 106 cm³/mol. The van der Waals surface area contributed by atoms with Gasteiger partial charge in [0.25, 0.3) is 5.56 Å². The summed E-state index contributed by atoms with van der Waals surface area (Å²) < 4.78 is 2.38. The summed E-state index contributed by atoms with van der Waals surface area (Å²) in [6.07, 6.45) is 0.473. The van der Waals surface area contributed by atoms with E-state index in [-0.39, 0.29) is 16.4 Å². The van der Waals surface area contributed by atoms with E-state index in [0.29, 0.717) is 23.3 Å². The largest absolute Gasteiger partial charge is 0.343 e. The average Bonchev–Trinajstić information content (AvgIpc) is 2.97. The molecule has 0 aliphatic rings. The van der Waals surface area contributed by atoms with Crippen LogP contribution in [0, 0.1) is 6.92 Å². The molecule has 2 heterocycles. The molecule has 4 aromatic rings. The third kappa shape index (κ3) is 2.82. The number of benzene rings is 2. The van der Waals surface area contributed by atoms with Gasteiger partial charge in [-0.15, -0.1) is 0 Å². The third-order valence-corrected chi connectivity index (χ3v) is 4.99. The summed E-state index contributed by atoms with van der Waals surface area (Å²) in [5.74, 6) is 0. The van der Waals surface area contributed by atoms with Crippen molar-refractivity contribution in [2.75, 3.05) is 0 Å². The number of nitrogens with zero attached hydrogens (tertiary/aromatic N) is 1. The Balaban J connectivity index is 1.88. The summed E-state index contributed by atoms with van der Waals surface area (Å²) in [6, 6.07) is 17.0. The molecular formula is C20H16BrN3O2. The highest BCUT2D eigenvalue weighted by molar-refractivity contribution is 9.10. The van der Waals surface area contributed by atoms with Crippen LogP contribution in [0.25, 0.3) is 16.7 Å². The smallest absolute Gasteiger partial charge is 0.284 e. The van der Waals surface area contributed by atoms with Gasteiger partial charge in [0, 0.05) is 22.2 Å². The zero-order valence-electron chi connectivity index (χ0n) is 14.0. The van der Waals surface area contributed by atoms with Crippen LogP contribution < -0.4 is 11.0 Å². The zero-order chi connectivity index (χ0) is 18.3. The molecule has 0 unspecified atom stereocenters. The Bertz CT molecular complexity index is 1200. The molecule has 4 rings (SSSR count). The molecule has 6 heteroatoms. The molecule has 0 saturated carbocycles. The first-order chi connectivity index (χ1) is 12.5. The molecule has 0 saturated heterocycles. The molecule has 2 aromatic carbocycles. The SMILES string of the molecule is Cc1[nH]c2[nH]n(-c3ccccc3)c(=O)c2c(=O)c1Cc1ccc(Br)cc1. The van der Waals surface area contributed by atoms with Crippen LogP contribution >= 0.6 is 15.9 Å². The first kappa shape index (κ1) is 16.6. The molecule has 2 aromatic heterocycles. The first-order valence-corrected chi connectivity index (χ1v) is 9.00. The number of fused-ring (bicyclic) bond motifs is 1. The summed E-state index contributed by atoms with van der Waals surface area (Å²) in [5.41, 5.74) is 2.94. The lowest BCUT2D eigenvalue weighted by atomic mass is 10.0. The molecule has 0 aliphatic carbocycles. The van der Waals surface area contributed by atoms with Gasteiger partial charge in [-0.2, -0.15) is 0 Å². The molecule has 0 spiro atoms. The van der Waals surface area contributed by atoms with E-state index in [2.05, 4.69) is 26.0 Å². The quantitative estimate of drug-likeness (QED) is 0.541. The number of pyridine rings is 1. The van der Waals surface area contributed by atoms with Crippen LogP contribution in [0.2, 0.25) is 0 Å². The highest BCUT2D eigenvalue weighted by Gasteiger charge is 2.17. The predicted octanol–water partition coefficient (Wildman–Crippen LogP) is 3.67. The normalized spacial score (nSPS) is 11.2. The van der Waals surface area contributed by atoms with Crippen molar-refractivity contribution < 1.29 is 0 Å². The summed E-state index contributed by atoms with van der Waals surface area (Å²) in [6.45, 7) is 1.85. The topological polar surface area (TPSA) is 70.7 Å². The summed E-state index contributed by atoms with van der Waals surface area (Å²) in [4.78, 5) is 29.0. The van der Waals surface area contributed by atoms with Gasteiger partial charge in [-0.25, -0.2) is 4.68 Å². The Morgan fingerprint density at radius 1 is 1.00 bits per heavy atom. The molecule has 0 atom stereocenters. The van der Waals surface area contributed by atoms with Gasteiger partial charge in [0.05, 0.1) is 5.69 Å².